The second-order valence-electron chi connectivity index (χ2n) is 11.2. The monoisotopic (exact) mass is 568 g/mol. The maximum absolute atomic E-state index is 12.7. The third-order valence-corrected chi connectivity index (χ3v) is 5.13. The van der Waals surface area contributed by atoms with E-state index in [0.717, 1.165) is 17.1 Å². The van der Waals surface area contributed by atoms with Gasteiger partial charge in [-0.15, -0.1) is 0 Å². The molecule has 0 spiro atoms. The van der Waals surface area contributed by atoms with Gasteiger partial charge in [0.15, 0.2) is 0 Å². The zero-order valence-corrected chi connectivity index (χ0v) is 24.4. The second kappa shape index (κ2) is 16.6. The van der Waals surface area contributed by atoms with Crippen LogP contribution in [0.25, 0.3) is 0 Å². The number of esters is 1. The maximum atomic E-state index is 12.7. The van der Waals surface area contributed by atoms with Gasteiger partial charge in [0, 0.05) is 38.2 Å². The standard InChI is InChI=1S/C27H44N4O9/c1-26(2,3)39-23(35)13-18-38-17-12-20(32)28-14-8-7-9-19(30-25(37)40-27(4,5)6)24(36)29-15-16-31-21(33)10-11-22(31)34/h10-11,19H,7-9,12-18H2,1-6H3,(H,28,32)(H,29,36)(H,30,37)/t19-/m0/s1. The first-order valence-corrected chi connectivity index (χ1v) is 13.4. The van der Waals surface area contributed by atoms with Gasteiger partial charge in [-0.1, -0.05) is 0 Å². The van der Waals surface area contributed by atoms with Gasteiger partial charge in [-0.2, -0.15) is 0 Å². The molecular weight excluding hydrogens is 524 g/mol. The van der Waals surface area contributed by atoms with E-state index in [-0.39, 0.29) is 57.4 Å². The minimum absolute atomic E-state index is 0.00626. The van der Waals surface area contributed by atoms with Crippen LogP contribution in [-0.2, 0) is 38.2 Å². The molecule has 5 amide bonds. The SMILES string of the molecule is CC(C)(C)OC(=O)CCOCCC(=O)NCCCC[C@H](NC(=O)OC(C)(C)C)C(=O)NCCN1C(=O)C=CC1=O. The summed E-state index contributed by atoms with van der Waals surface area (Å²) in [6.07, 6.45) is 3.15. The molecule has 0 aromatic rings. The van der Waals surface area contributed by atoms with Crippen LogP contribution in [-0.4, -0.2) is 90.7 Å². The lowest BCUT2D eigenvalue weighted by atomic mass is 10.1. The summed E-state index contributed by atoms with van der Waals surface area (Å²) in [6.45, 7) is 11.2. The summed E-state index contributed by atoms with van der Waals surface area (Å²) in [5, 5.41) is 7.96. The number of imide groups is 1. The van der Waals surface area contributed by atoms with Crippen molar-refractivity contribution >= 4 is 35.7 Å². The molecule has 0 unspecified atom stereocenters. The fraction of sp³-hybridized carbons (Fsp3) is 0.704. The Hall–Kier alpha value is -3.48. The predicted molar refractivity (Wildman–Crippen MR) is 145 cm³/mol. The van der Waals surface area contributed by atoms with E-state index in [1.54, 1.807) is 41.5 Å². The van der Waals surface area contributed by atoms with Gasteiger partial charge >= 0.3 is 12.1 Å². The maximum Gasteiger partial charge on any atom is 0.408 e. The molecular formula is C27H44N4O9. The van der Waals surface area contributed by atoms with Gasteiger partial charge in [-0.25, -0.2) is 4.79 Å². The summed E-state index contributed by atoms with van der Waals surface area (Å²) in [5.74, 6) is -1.95. The van der Waals surface area contributed by atoms with Gasteiger partial charge in [-0.05, 0) is 60.8 Å². The summed E-state index contributed by atoms with van der Waals surface area (Å²) in [4.78, 5) is 72.9. The number of rotatable bonds is 16. The van der Waals surface area contributed by atoms with Crippen LogP contribution in [0.4, 0.5) is 4.79 Å². The highest BCUT2D eigenvalue weighted by Crippen LogP contribution is 2.10. The first-order chi connectivity index (χ1) is 18.6. The zero-order valence-electron chi connectivity index (χ0n) is 24.4. The first kappa shape index (κ1) is 34.5. The highest BCUT2D eigenvalue weighted by molar-refractivity contribution is 6.12. The van der Waals surface area contributed by atoms with E-state index in [4.69, 9.17) is 14.2 Å². The Bertz CT molecular complexity index is 917. The Balaban J connectivity index is 2.36. The Morgan fingerprint density at radius 3 is 2.02 bits per heavy atom. The molecule has 13 nitrogen and oxygen atoms in total. The molecule has 0 radical (unpaired) electrons. The van der Waals surface area contributed by atoms with E-state index in [1.807, 2.05) is 0 Å². The van der Waals surface area contributed by atoms with Crippen molar-refractivity contribution < 1.29 is 43.0 Å². The lowest BCUT2D eigenvalue weighted by Crippen LogP contribution is -2.49. The molecule has 1 heterocycles. The van der Waals surface area contributed by atoms with Crippen molar-refractivity contribution in [3.05, 3.63) is 12.2 Å². The topological polar surface area (TPSA) is 169 Å². The molecule has 0 bridgehead atoms. The zero-order chi connectivity index (χ0) is 30.3. The van der Waals surface area contributed by atoms with Crippen molar-refractivity contribution in [2.24, 2.45) is 0 Å². The van der Waals surface area contributed by atoms with Gasteiger partial charge in [0.2, 0.25) is 11.8 Å². The van der Waals surface area contributed by atoms with Crippen LogP contribution in [0.3, 0.4) is 0 Å². The number of hydrogen-bond donors (Lipinski definition) is 3. The molecule has 0 saturated heterocycles. The van der Waals surface area contributed by atoms with Crippen molar-refractivity contribution in [2.75, 3.05) is 32.8 Å². The summed E-state index contributed by atoms with van der Waals surface area (Å²) in [5.41, 5.74) is -1.31. The van der Waals surface area contributed by atoms with Crippen molar-refractivity contribution in [3.63, 3.8) is 0 Å². The van der Waals surface area contributed by atoms with E-state index in [2.05, 4.69) is 16.0 Å². The number of nitrogens with zero attached hydrogens (tertiary/aromatic N) is 1. The molecule has 1 aliphatic rings. The lowest BCUT2D eigenvalue weighted by molar-refractivity contribution is -0.156. The molecule has 3 N–H and O–H groups in total. The van der Waals surface area contributed by atoms with Gasteiger partial charge < -0.3 is 30.2 Å². The van der Waals surface area contributed by atoms with Crippen LogP contribution in [0.15, 0.2) is 12.2 Å². The van der Waals surface area contributed by atoms with Gasteiger partial charge in [0.1, 0.15) is 17.2 Å². The Morgan fingerprint density at radius 2 is 1.43 bits per heavy atom. The van der Waals surface area contributed by atoms with Crippen LogP contribution in [0.5, 0.6) is 0 Å². The number of unbranched alkanes of at least 4 members (excludes halogenated alkanes) is 1. The second-order valence-corrected chi connectivity index (χ2v) is 11.2. The fourth-order valence-electron chi connectivity index (χ4n) is 3.39. The Kier molecular flexibility index (Phi) is 14.3. The average Bonchev–Trinajstić information content (AvgIpc) is 3.12. The van der Waals surface area contributed by atoms with Crippen LogP contribution in [0, 0.1) is 0 Å². The van der Waals surface area contributed by atoms with Crippen molar-refractivity contribution in [1.82, 2.24) is 20.9 Å². The van der Waals surface area contributed by atoms with Crippen LogP contribution < -0.4 is 16.0 Å². The smallest absolute Gasteiger partial charge is 0.408 e. The minimum Gasteiger partial charge on any atom is -0.460 e. The molecule has 0 saturated carbocycles. The number of hydrogen-bond acceptors (Lipinski definition) is 9. The molecule has 0 fully saturated rings. The van der Waals surface area contributed by atoms with Crippen LogP contribution in [0.2, 0.25) is 0 Å². The molecule has 226 valence electrons. The third-order valence-electron chi connectivity index (χ3n) is 5.13. The molecule has 1 atom stereocenters. The highest BCUT2D eigenvalue weighted by Gasteiger charge is 2.26. The van der Waals surface area contributed by atoms with E-state index in [9.17, 15) is 28.8 Å². The molecule has 1 rings (SSSR count). The Morgan fingerprint density at radius 1 is 0.825 bits per heavy atom. The minimum atomic E-state index is -0.910. The molecule has 0 aromatic heterocycles. The summed E-state index contributed by atoms with van der Waals surface area (Å²) in [6, 6.07) is -0.910. The van der Waals surface area contributed by atoms with Crippen LogP contribution >= 0.6 is 0 Å². The molecule has 0 aromatic carbocycles. The predicted octanol–water partition coefficient (Wildman–Crippen LogP) is 1.35. The number of amides is 5. The summed E-state index contributed by atoms with van der Waals surface area (Å²) < 4.78 is 15.8. The lowest BCUT2D eigenvalue weighted by Gasteiger charge is -2.23. The van der Waals surface area contributed by atoms with Crippen molar-refractivity contribution in [3.8, 4) is 0 Å². The Labute approximate surface area is 235 Å². The molecule has 40 heavy (non-hydrogen) atoms. The number of nitrogens with one attached hydrogen (secondary N) is 3. The third kappa shape index (κ3) is 15.8. The molecule has 0 aliphatic carbocycles. The first-order valence-electron chi connectivity index (χ1n) is 13.4. The van der Waals surface area contributed by atoms with Crippen molar-refractivity contribution in [1.29, 1.82) is 0 Å². The van der Waals surface area contributed by atoms with Gasteiger partial charge in [-0.3, -0.25) is 28.9 Å². The van der Waals surface area contributed by atoms with E-state index >= 15 is 0 Å². The fourth-order valence-corrected chi connectivity index (χ4v) is 3.39. The summed E-state index contributed by atoms with van der Waals surface area (Å²) in [7, 11) is 0. The summed E-state index contributed by atoms with van der Waals surface area (Å²) >= 11 is 0. The van der Waals surface area contributed by atoms with E-state index < -0.39 is 41.1 Å². The normalized spacial score (nSPS) is 14.1. The quantitative estimate of drug-likeness (QED) is 0.141. The number of alkyl carbamates (subject to hydrolysis) is 1. The number of ether oxygens (including phenoxy) is 3. The molecule has 13 heteroatoms. The van der Waals surface area contributed by atoms with Crippen molar-refractivity contribution in [2.45, 2.75) is 90.9 Å². The van der Waals surface area contributed by atoms with Gasteiger partial charge in [0.25, 0.3) is 11.8 Å². The number of carbonyl (C=O) groups excluding carboxylic acids is 6. The number of carbonyl (C=O) groups is 6. The van der Waals surface area contributed by atoms with E-state index in [0.29, 0.717) is 19.4 Å². The van der Waals surface area contributed by atoms with E-state index in [1.165, 1.54) is 0 Å². The largest absolute Gasteiger partial charge is 0.460 e. The average molecular weight is 569 g/mol. The van der Waals surface area contributed by atoms with Gasteiger partial charge in [0.05, 0.1) is 19.6 Å². The molecule has 1 aliphatic heterocycles. The van der Waals surface area contributed by atoms with Crippen LogP contribution in [0.1, 0.15) is 73.6 Å². The highest BCUT2D eigenvalue weighted by atomic mass is 16.6.